The van der Waals surface area contributed by atoms with Crippen LogP contribution in [0.3, 0.4) is 0 Å². The minimum atomic E-state index is -0.168. The number of hydrogen-bond donors (Lipinski definition) is 3. The van der Waals surface area contributed by atoms with Gasteiger partial charge in [-0.3, -0.25) is 9.89 Å². The van der Waals surface area contributed by atoms with Gasteiger partial charge in [0.2, 0.25) is 0 Å². The number of carbonyl (C=O) groups is 1. The fourth-order valence-corrected chi connectivity index (χ4v) is 2.08. The highest BCUT2D eigenvalue weighted by atomic mass is 16.5. The Labute approximate surface area is 123 Å². The Kier molecular flexibility index (Phi) is 4.81. The normalized spacial score (nSPS) is 10.4. The molecule has 1 aromatic heterocycles. The molecule has 6 heteroatoms. The molecular weight excluding hydrogens is 268 g/mol. The van der Waals surface area contributed by atoms with Crippen LogP contribution in [0.15, 0.2) is 24.4 Å². The fourth-order valence-electron chi connectivity index (χ4n) is 2.08. The molecule has 0 bridgehead atoms. The van der Waals surface area contributed by atoms with E-state index < -0.39 is 0 Å². The number of amides is 1. The lowest BCUT2D eigenvalue weighted by Gasteiger charge is -2.09. The third-order valence-corrected chi connectivity index (χ3v) is 3.35. The zero-order valence-corrected chi connectivity index (χ0v) is 12.3. The number of benzene rings is 1. The van der Waals surface area contributed by atoms with Gasteiger partial charge in [0.05, 0.1) is 18.9 Å². The van der Waals surface area contributed by atoms with Gasteiger partial charge in [0.1, 0.15) is 5.75 Å². The Bertz CT molecular complexity index is 622. The number of nitrogens with two attached hydrogens (primary N) is 1. The minimum absolute atomic E-state index is 0.168. The maximum absolute atomic E-state index is 12.0. The summed E-state index contributed by atoms with van der Waals surface area (Å²) in [5, 5.41) is 9.74. The molecule has 0 spiro atoms. The standard InChI is InChI=1S/C15H20N4O2/c1-10-11(9-18-19-10)4-3-7-17-15(20)13-6-5-12(21-2)8-14(13)16/h5-6,8-9H,3-4,7,16H2,1-2H3,(H,17,20)(H,18,19). The summed E-state index contributed by atoms with van der Waals surface area (Å²) in [6.45, 7) is 2.58. The number of ether oxygens (including phenoxy) is 1. The van der Waals surface area contributed by atoms with Gasteiger partial charge in [0.25, 0.3) is 5.91 Å². The Morgan fingerprint density at radius 1 is 1.48 bits per heavy atom. The summed E-state index contributed by atoms with van der Waals surface area (Å²) in [4.78, 5) is 12.0. The number of nitrogens with one attached hydrogen (secondary N) is 2. The lowest BCUT2D eigenvalue weighted by molar-refractivity contribution is 0.0954. The van der Waals surface area contributed by atoms with E-state index in [2.05, 4.69) is 15.5 Å². The molecule has 2 aromatic rings. The summed E-state index contributed by atoms with van der Waals surface area (Å²) in [6, 6.07) is 5.04. The molecule has 21 heavy (non-hydrogen) atoms. The predicted molar refractivity (Wildman–Crippen MR) is 81.4 cm³/mol. The molecular formula is C15H20N4O2. The molecule has 0 aliphatic heterocycles. The zero-order valence-electron chi connectivity index (χ0n) is 12.3. The maximum atomic E-state index is 12.0. The van der Waals surface area contributed by atoms with Gasteiger partial charge in [-0.1, -0.05) is 0 Å². The molecule has 2 rings (SSSR count). The molecule has 6 nitrogen and oxygen atoms in total. The van der Waals surface area contributed by atoms with E-state index in [1.54, 1.807) is 25.3 Å². The minimum Gasteiger partial charge on any atom is -0.497 e. The smallest absolute Gasteiger partial charge is 0.253 e. The van der Waals surface area contributed by atoms with Gasteiger partial charge in [-0.15, -0.1) is 0 Å². The number of aromatic nitrogens is 2. The van der Waals surface area contributed by atoms with Crippen molar-refractivity contribution < 1.29 is 9.53 Å². The molecule has 0 saturated carbocycles. The van der Waals surface area contributed by atoms with Crippen molar-refractivity contribution in [3.63, 3.8) is 0 Å². The molecule has 0 saturated heterocycles. The van der Waals surface area contributed by atoms with Crippen LogP contribution >= 0.6 is 0 Å². The van der Waals surface area contributed by atoms with E-state index in [-0.39, 0.29) is 5.91 Å². The van der Waals surface area contributed by atoms with Crippen molar-refractivity contribution in [1.29, 1.82) is 0 Å². The Hall–Kier alpha value is -2.50. The van der Waals surface area contributed by atoms with E-state index in [0.29, 0.717) is 23.5 Å². The van der Waals surface area contributed by atoms with Crippen LogP contribution in [0, 0.1) is 6.92 Å². The van der Waals surface area contributed by atoms with Crippen LogP contribution in [-0.2, 0) is 6.42 Å². The largest absolute Gasteiger partial charge is 0.497 e. The van der Waals surface area contributed by atoms with Crippen LogP contribution in [0.5, 0.6) is 5.75 Å². The maximum Gasteiger partial charge on any atom is 0.253 e. The van der Waals surface area contributed by atoms with E-state index in [1.807, 2.05) is 13.1 Å². The lowest BCUT2D eigenvalue weighted by Crippen LogP contribution is -2.25. The Morgan fingerprint density at radius 2 is 2.29 bits per heavy atom. The molecule has 0 radical (unpaired) electrons. The molecule has 112 valence electrons. The van der Waals surface area contributed by atoms with Crippen LogP contribution < -0.4 is 15.8 Å². The molecule has 4 N–H and O–H groups in total. The van der Waals surface area contributed by atoms with Crippen molar-refractivity contribution in [2.75, 3.05) is 19.4 Å². The molecule has 1 heterocycles. The second-order valence-electron chi connectivity index (χ2n) is 4.83. The third-order valence-electron chi connectivity index (χ3n) is 3.35. The Balaban J connectivity index is 1.83. The fraction of sp³-hybridized carbons (Fsp3) is 0.333. The van der Waals surface area contributed by atoms with Crippen molar-refractivity contribution in [2.24, 2.45) is 0 Å². The van der Waals surface area contributed by atoms with E-state index >= 15 is 0 Å². The van der Waals surface area contributed by atoms with E-state index in [9.17, 15) is 4.79 Å². The SMILES string of the molecule is COc1ccc(C(=O)NCCCc2cn[nH]c2C)c(N)c1. The number of hydrogen-bond acceptors (Lipinski definition) is 4. The van der Waals surface area contributed by atoms with E-state index in [0.717, 1.165) is 18.5 Å². The molecule has 1 amide bonds. The van der Waals surface area contributed by atoms with Crippen LogP contribution in [0.2, 0.25) is 0 Å². The highest BCUT2D eigenvalue weighted by Gasteiger charge is 2.10. The number of H-pyrrole nitrogens is 1. The van der Waals surface area contributed by atoms with Crippen molar-refractivity contribution >= 4 is 11.6 Å². The van der Waals surface area contributed by atoms with Gasteiger partial charge in [-0.05, 0) is 37.5 Å². The first-order valence-corrected chi connectivity index (χ1v) is 6.82. The van der Waals surface area contributed by atoms with Crippen LogP contribution in [0.4, 0.5) is 5.69 Å². The van der Waals surface area contributed by atoms with Gasteiger partial charge < -0.3 is 15.8 Å². The zero-order chi connectivity index (χ0) is 15.2. The van der Waals surface area contributed by atoms with Crippen LogP contribution in [-0.4, -0.2) is 29.8 Å². The van der Waals surface area contributed by atoms with Gasteiger partial charge >= 0.3 is 0 Å². The van der Waals surface area contributed by atoms with E-state index in [1.165, 1.54) is 5.56 Å². The van der Waals surface area contributed by atoms with Gasteiger partial charge in [0.15, 0.2) is 0 Å². The summed E-state index contributed by atoms with van der Waals surface area (Å²) >= 11 is 0. The summed E-state index contributed by atoms with van der Waals surface area (Å²) in [6.07, 6.45) is 3.54. The first kappa shape index (κ1) is 14.9. The number of rotatable bonds is 6. The number of nitrogen functional groups attached to an aromatic ring is 1. The summed E-state index contributed by atoms with van der Waals surface area (Å²) < 4.78 is 5.06. The molecule has 0 aliphatic rings. The van der Waals surface area contributed by atoms with E-state index in [4.69, 9.17) is 10.5 Å². The first-order valence-electron chi connectivity index (χ1n) is 6.82. The van der Waals surface area contributed by atoms with Crippen molar-refractivity contribution in [3.05, 3.63) is 41.2 Å². The van der Waals surface area contributed by atoms with Crippen LogP contribution in [0.1, 0.15) is 28.0 Å². The topological polar surface area (TPSA) is 93.0 Å². The predicted octanol–water partition coefficient (Wildman–Crippen LogP) is 1.67. The molecule has 0 unspecified atom stereocenters. The van der Waals surface area contributed by atoms with Gasteiger partial charge in [0, 0.05) is 24.0 Å². The van der Waals surface area contributed by atoms with Crippen molar-refractivity contribution in [1.82, 2.24) is 15.5 Å². The molecule has 0 aliphatic carbocycles. The average Bonchev–Trinajstić information content (AvgIpc) is 2.88. The number of carbonyl (C=O) groups excluding carboxylic acids is 1. The number of methoxy groups -OCH3 is 1. The van der Waals surface area contributed by atoms with Crippen molar-refractivity contribution in [2.45, 2.75) is 19.8 Å². The third kappa shape index (κ3) is 3.75. The number of aryl methyl sites for hydroxylation is 2. The number of anilines is 1. The molecule has 1 aromatic carbocycles. The van der Waals surface area contributed by atoms with Crippen LogP contribution in [0.25, 0.3) is 0 Å². The molecule has 0 atom stereocenters. The summed E-state index contributed by atoms with van der Waals surface area (Å²) in [5.74, 6) is 0.471. The number of nitrogens with zero attached hydrogens (tertiary/aromatic N) is 1. The second kappa shape index (κ2) is 6.78. The first-order chi connectivity index (χ1) is 10.1. The number of aromatic amines is 1. The van der Waals surface area contributed by atoms with Gasteiger partial charge in [-0.25, -0.2) is 0 Å². The lowest BCUT2D eigenvalue weighted by atomic mass is 10.1. The molecule has 0 fully saturated rings. The quantitative estimate of drug-likeness (QED) is 0.557. The highest BCUT2D eigenvalue weighted by Crippen LogP contribution is 2.19. The highest BCUT2D eigenvalue weighted by molar-refractivity contribution is 5.99. The monoisotopic (exact) mass is 288 g/mol. The average molecular weight is 288 g/mol. The second-order valence-corrected chi connectivity index (χ2v) is 4.83. The summed E-state index contributed by atoms with van der Waals surface area (Å²) in [5.41, 5.74) is 8.97. The Morgan fingerprint density at radius 3 is 2.90 bits per heavy atom. The van der Waals surface area contributed by atoms with Crippen molar-refractivity contribution in [3.8, 4) is 5.75 Å². The van der Waals surface area contributed by atoms with Gasteiger partial charge in [-0.2, -0.15) is 5.10 Å². The summed E-state index contributed by atoms with van der Waals surface area (Å²) in [7, 11) is 1.56.